The number of carbonyl (C=O) groups excluding carboxylic acids is 2. The molecule has 6 rings (SSSR count). The highest BCUT2D eigenvalue weighted by atomic mass is 32.2. The first-order valence-corrected chi connectivity index (χ1v) is 22.8. The zero-order valence-electron chi connectivity index (χ0n) is 34.1. The summed E-state index contributed by atoms with van der Waals surface area (Å²) in [5.74, 6) is -0.504. The number of amides is 2. The van der Waals surface area contributed by atoms with Gasteiger partial charge >= 0.3 is 5.97 Å². The quantitative estimate of drug-likeness (QED) is 0.0590. The lowest BCUT2D eigenvalue weighted by molar-refractivity contribution is -0.146. The molecule has 8 nitrogen and oxygen atoms in total. The summed E-state index contributed by atoms with van der Waals surface area (Å²) in [4.78, 5) is 42.7. The minimum atomic E-state index is -1.08. The van der Waals surface area contributed by atoms with Gasteiger partial charge in [-0.15, -0.1) is 11.8 Å². The number of carboxylic acids is 1. The molecule has 0 spiro atoms. The first kappa shape index (κ1) is 43.7. The van der Waals surface area contributed by atoms with Crippen LogP contribution in [0.5, 0.6) is 0 Å². The van der Waals surface area contributed by atoms with Gasteiger partial charge in [-0.05, 0) is 57.7 Å². The normalized spacial score (nSPS) is 15.5. The van der Waals surface area contributed by atoms with Crippen LogP contribution in [0.25, 0.3) is 0 Å². The Balaban J connectivity index is 1.29. The highest BCUT2D eigenvalue weighted by Crippen LogP contribution is 2.48. The molecule has 0 aromatic heterocycles. The van der Waals surface area contributed by atoms with Gasteiger partial charge in [-0.2, -0.15) is 11.8 Å². The third-order valence-electron chi connectivity index (χ3n) is 11.1. The molecule has 4 atom stereocenters. The number of aliphatic carboxylic acids is 1. The number of hydrogen-bond donors (Lipinski definition) is 4. The van der Waals surface area contributed by atoms with Crippen LogP contribution in [0, 0.1) is 5.92 Å². The number of hydrogen-bond acceptors (Lipinski definition) is 7. The van der Waals surface area contributed by atoms with Crippen molar-refractivity contribution in [3.05, 3.63) is 179 Å². The van der Waals surface area contributed by atoms with Crippen molar-refractivity contribution >= 4 is 41.3 Å². The molecule has 5 aromatic carbocycles. The highest BCUT2D eigenvalue weighted by molar-refractivity contribution is 8.00. The Labute approximate surface area is 358 Å². The first-order chi connectivity index (χ1) is 28.7. The van der Waals surface area contributed by atoms with Gasteiger partial charge in [0.2, 0.25) is 11.8 Å². The van der Waals surface area contributed by atoms with E-state index in [0.717, 1.165) is 16.7 Å². The molecule has 1 unspecified atom stereocenters. The molecule has 0 fully saturated rings. The second-order valence-corrected chi connectivity index (χ2v) is 17.6. The average molecular weight is 829 g/mol. The standard InChI is InChI=1S/C49H56N4O4S2/c1-35(2)45(47(55)53-33-38-21-17-16-20-37(38)30-44(53)46(54)52-43(48(56)57)28-29-58-3)51-32-42(50-31-36-18-8-4-9-19-36)34-59-49(39-22-10-5-11-23-39,40-24-12-6-13-25-40)41-26-14-7-15-27-41/h4-27,35,42-45,50-51H,28-34H2,1-3H3,(H,52,54)(H,56,57)/t42?,43-,44+,45-/m0/s1. The maximum atomic E-state index is 14.9. The van der Waals surface area contributed by atoms with Crippen LogP contribution in [0.4, 0.5) is 0 Å². The molecule has 308 valence electrons. The van der Waals surface area contributed by atoms with Crippen molar-refractivity contribution in [1.82, 2.24) is 20.9 Å². The molecular weight excluding hydrogens is 773 g/mol. The molecule has 59 heavy (non-hydrogen) atoms. The second kappa shape index (κ2) is 21.4. The minimum absolute atomic E-state index is 0.0706. The Morgan fingerprint density at radius 3 is 1.80 bits per heavy atom. The van der Waals surface area contributed by atoms with E-state index < -0.39 is 34.7 Å². The number of thioether (sulfide) groups is 2. The van der Waals surface area contributed by atoms with Gasteiger partial charge in [0.15, 0.2) is 0 Å². The van der Waals surface area contributed by atoms with E-state index in [9.17, 15) is 19.5 Å². The molecule has 1 aliphatic rings. The first-order valence-electron chi connectivity index (χ1n) is 20.4. The SMILES string of the molecule is CSCC[C@H](NC(=O)[C@H]1Cc2ccccc2CN1C(=O)[C@@H](NCC(CSC(c1ccccc1)(c1ccccc1)c1ccccc1)NCc1ccccc1)C(C)C)C(=O)O. The van der Waals surface area contributed by atoms with E-state index in [1.54, 1.807) is 4.90 Å². The van der Waals surface area contributed by atoms with Crippen molar-refractivity contribution in [1.29, 1.82) is 0 Å². The molecule has 1 heterocycles. The predicted octanol–water partition coefficient (Wildman–Crippen LogP) is 7.76. The zero-order chi connectivity index (χ0) is 41.6. The largest absolute Gasteiger partial charge is 0.480 e. The predicted molar refractivity (Wildman–Crippen MR) is 242 cm³/mol. The summed E-state index contributed by atoms with van der Waals surface area (Å²) < 4.78 is -0.519. The number of fused-ring (bicyclic) bond motifs is 1. The molecule has 1 aliphatic heterocycles. The maximum absolute atomic E-state index is 14.9. The van der Waals surface area contributed by atoms with Crippen LogP contribution in [-0.4, -0.2) is 76.3 Å². The van der Waals surface area contributed by atoms with E-state index in [2.05, 4.69) is 119 Å². The summed E-state index contributed by atoms with van der Waals surface area (Å²) in [6.45, 7) is 5.45. The van der Waals surface area contributed by atoms with E-state index in [0.29, 0.717) is 37.4 Å². The zero-order valence-corrected chi connectivity index (χ0v) is 35.8. The summed E-state index contributed by atoms with van der Waals surface area (Å²) in [6.07, 6.45) is 2.52. The molecule has 0 saturated heterocycles. The summed E-state index contributed by atoms with van der Waals surface area (Å²) >= 11 is 3.41. The van der Waals surface area contributed by atoms with Crippen molar-refractivity contribution in [2.75, 3.05) is 24.3 Å². The van der Waals surface area contributed by atoms with Gasteiger partial charge in [0.1, 0.15) is 12.1 Å². The number of nitrogens with zero attached hydrogens (tertiary/aromatic N) is 1. The van der Waals surface area contributed by atoms with Gasteiger partial charge in [-0.3, -0.25) is 9.59 Å². The average Bonchev–Trinajstić information content (AvgIpc) is 3.27. The summed E-state index contributed by atoms with van der Waals surface area (Å²) in [7, 11) is 0. The van der Waals surface area contributed by atoms with Crippen molar-refractivity contribution in [2.45, 2.75) is 68.7 Å². The van der Waals surface area contributed by atoms with E-state index in [4.69, 9.17) is 0 Å². The molecule has 0 bridgehead atoms. The monoisotopic (exact) mass is 828 g/mol. The fraction of sp³-hybridized carbons (Fsp3) is 0.327. The number of carbonyl (C=O) groups is 3. The van der Waals surface area contributed by atoms with Gasteiger partial charge < -0.3 is 26.0 Å². The van der Waals surface area contributed by atoms with Crippen LogP contribution in [-0.2, 0) is 38.6 Å². The number of carboxylic acid groups (broad SMARTS) is 1. The van der Waals surface area contributed by atoms with Crippen LogP contribution in [0.3, 0.4) is 0 Å². The lowest BCUT2D eigenvalue weighted by Gasteiger charge is -2.40. The fourth-order valence-electron chi connectivity index (χ4n) is 7.85. The van der Waals surface area contributed by atoms with Gasteiger partial charge in [-0.1, -0.05) is 159 Å². The third kappa shape index (κ3) is 11.0. The van der Waals surface area contributed by atoms with Gasteiger partial charge in [0.05, 0.1) is 10.8 Å². The van der Waals surface area contributed by atoms with Crippen LogP contribution >= 0.6 is 23.5 Å². The van der Waals surface area contributed by atoms with Crippen molar-refractivity contribution in [2.24, 2.45) is 5.92 Å². The van der Waals surface area contributed by atoms with Crippen LogP contribution in [0.1, 0.15) is 53.6 Å². The number of nitrogens with one attached hydrogen (secondary N) is 3. The topological polar surface area (TPSA) is 111 Å². The van der Waals surface area contributed by atoms with E-state index in [1.807, 2.05) is 74.3 Å². The Morgan fingerprint density at radius 1 is 0.746 bits per heavy atom. The molecule has 4 N–H and O–H groups in total. The van der Waals surface area contributed by atoms with Crippen molar-refractivity contribution < 1.29 is 19.5 Å². The molecule has 5 aromatic rings. The number of benzene rings is 5. The van der Waals surface area contributed by atoms with Crippen LogP contribution in [0.15, 0.2) is 146 Å². The van der Waals surface area contributed by atoms with Crippen LogP contribution < -0.4 is 16.0 Å². The third-order valence-corrected chi connectivity index (χ3v) is 13.4. The van der Waals surface area contributed by atoms with E-state index in [-0.39, 0.29) is 24.4 Å². The maximum Gasteiger partial charge on any atom is 0.326 e. The Hall–Kier alpha value is -4.87. The summed E-state index contributed by atoms with van der Waals surface area (Å²) in [6, 6.07) is 47.6. The Morgan fingerprint density at radius 2 is 1.27 bits per heavy atom. The molecule has 0 saturated carbocycles. The highest BCUT2D eigenvalue weighted by Gasteiger charge is 2.41. The lowest BCUT2D eigenvalue weighted by Crippen LogP contribution is -2.60. The van der Waals surface area contributed by atoms with Gasteiger partial charge in [0, 0.05) is 37.8 Å². The molecule has 2 amide bonds. The Bertz CT molecular complexity index is 1990. The molecule has 10 heteroatoms. The van der Waals surface area contributed by atoms with E-state index >= 15 is 0 Å². The molecule has 0 radical (unpaired) electrons. The van der Waals surface area contributed by atoms with E-state index in [1.165, 1.54) is 28.5 Å². The van der Waals surface area contributed by atoms with Gasteiger partial charge in [-0.25, -0.2) is 4.79 Å². The summed E-state index contributed by atoms with van der Waals surface area (Å²) in [5.41, 5.74) is 6.68. The molecular formula is C49H56N4O4S2. The lowest BCUT2D eigenvalue weighted by atomic mass is 9.84. The summed E-state index contributed by atoms with van der Waals surface area (Å²) in [5, 5.41) is 20.2. The van der Waals surface area contributed by atoms with Crippen molar-refractivity contribution in [3.63, 3.8) is 0 Å². The second-order valence-electron chi connectivity index (χ2n) is 15.4. The van der Waals surface area contributed by atoms with Crippen LogP contribution in [0.2, 0.25) is 0 Å². The fourth-order valence-corrected chi connectivity index (χ4v) is 9.91. The van der Waals surface area contributed by atoms with Crippen molar-refractivity contribution in [3.8, 4) is 0 Å². The van der Waals surface area contributed by atoms with Gasteiger partial charge in [0.25, 0.3) is 0 Å². The smallest absolute Gasteiger partial charge is 0.326 e. The Kier molecular flexibility index (Phi) is 15.9. The minimum Gasteiger partial charge on any atom is -0.480 e. The number of rotatable bonds is 20. The molecule has 0 aliphatic carbocycles.